The van der Waals surface area contributed by atoms with Crippen molar-refractivity contribution in [1.82, 2.24) is 0 Å². The van der Waals surface area contributed by atoms with Gasteiger partial charge in [0.05, 0.1) is 10.4 Å². The summed E-state index contributed by atoms with van der Waals surface area (Å²) in [6, 6.07) is 3.65. The van der Waals surface area contributed by atoms with Gasteiger partial charge in [0.15, 0.2) is 11.1 Å². The van der Waals surface area contributed by atoms with Gasteiger partial charge in [-0.15, -0.1) is 11.3 Å². The van der Waals surface area contributed by atoms with Gasteiger partial charge >= 0.3 is 0 Å². The van der Waals surface area contributed by atoms with E-state index in [-0.39, 0.29) is 0 Å². The normalized spacial score (nSPS) is 13.3. The van der Waals surface area contributed by atoms with E-state index in [4.69, 9.17) is 4.18 Å². The first kappa shape index (κ1) is 9.38. The predicted octanol–water partition coefficient (Wildman–Crippen LogP) is 2.57. The van der Waals surface area contributed by atoms with Gasteiger partial charge in [0.2, 0.25) is 0 Å². The van der Waals surface area contributed by atoms with Crippen molar-refractivity contribution in [2.45, 2.75) is 11.1 Å². The van der Waals surface area contributed by atoms with Crippen LogP contribution in [0.5, 0.6) is 0 Å². The molecular formula is C6H7BrO2S2. The van der Waals surface area contributed by atoms with E-state index in [1.165, 1.54) is 11.3 Å². The second-order valence-electron chi connectivity index (χ2n) is 1.70. The zero-order valence-electron chi connectivity index (χ0n) is 5.87. The molecule has 1 rings (SSSR count). The van der Waals surface area contributed by atoms with Crippen LogP contribution in [0.1, 0.15) is 6.92 Å². The number of hydrogen-bond donors (Lipinski definition) is 0. The van der Waals surface area contributed by atoms with Crippen molar-refractivity contribution in [1.29, 1.82) is 0 Å². The summed E-state index contributed by atoms with van der Waals surface area (Å²) in [5.41, 5.74) is 0. The van der Waals surface area contributed by atoms with Gasteiger partial charge < -0.3 is 0 Å². The Labute approximate surface area is 80.4 Å². The Bertz CT molecular complexity index is 259. The molecule has 0 bridgehead atoms. The summed E-state index contributed by atoms with van der Waals surface area (Å²) < 4.78 is 17.8. The molecule has 1 aromatic rings. The Morgan fingerprint density at radius 1 is 1.73 bits per heavy atom. The molecule has 0 aliphatic carbocycles. The van der Waals surface area contributed by atoms with Crippen LogP contribution in [0.15, 0.2) is 20.1 Å². The number of thiophene rings is 1. The van der Waals surface area contributed by atoms with Crippen molar-refractivity contribution in [3.05, 3.63) is 15.9 Å². The first-order valence-corrected chi connectivity index (χ1v) is 5.73. The minimum Gasteiger partial charge on any atom is -0.286 e. The molecule has 2 nitrogen and oxygen atoms in total. The Kier molecular flexibility index (Phi) is 3.71. The van der Waals surface area contributed by atoms with Crippen LogP contribution >= 0.6 is 27.3 Å². The molecule has 62 valence electrons. The van der Waals surface area contributed by atoms with Crippen LogP contribution in [-0.4, -0.2) is 10.8 Å². The maximum atomic E-state index is 11.1. The molecule has 0 saturated heterocycles. The maximum Gasteiger partial charge on any atom is 0.199 e. The lowest BCUT2D eigenvalue weighted by Gasteiger charge is -1.94. The molecule has 0 fully saturated rings. The summed E-state index contributed by atoms with van der Waals surface area (Å²) >= 11 is 3.43. The Morgan fingerprint density at radius 2 is 2.45 bits per heavy atom. The summed E-state index contributed by atoms with van der Waals surface area (Å²) in [6.07, 6.45) is 0. The van der Waals surface area contributed by atoms with E-state index in [0.29, 0.717) is 6.61 Å². The lowest BCUT2D eigenvalue weighted by Crippen LogP contribution is -1.93. The molecule has 11 heavy (non-hydrogen) atoms. The van der Waals surface area contributed by atoms with Crippen LogP contribution < -0.4 is 0 Å². The minimum atomic E-state index is -1.27. The van der Waals surface area contributed by atoms with Crippen molar-refractivity contribution in [3.8, 4) is 0 Å². The van der Waals surface area contributed by atoms with E-state index < -0.39 is 11.1 Å². The maximum absolute atomic E-state index is 11.1. The highest BCUT2D eigenvalue weighted by atomic mass is 79.9. The highest BCUT2D eigenvalue weighted by molar-refractivity contribution is 9.11. The summed E-state index contributed by atoms with van der Waals surface area (Å²) in [7, 11) is 0. The number of halogens is 1. The van der Waals surface area contributed by atoms with E-state index in [9.17, 15) is 4.21 Å². The predicted molar refractivity (Wildman–Crippen MR) is 50.1 cm³/mol. The fourth-order valence-corrected chi connectivity index (χ4v) is 3.19. The third-order valence-electron chi connectivity index (χ3n) is 0.938. The lowest BCUT2D eigenvalue weighted by molar-refractivity contribution is 0.372. The molecule has 0 aliphatic rings. The second kappa shape index (κ2) is 4.35. The Morgan fingerprint density at radius 3 is 2.91 bits per heavy atom. The van der Waals surface area contributed by atoms with Gasteiger partial charge in [0.1, 0.15) is 4.21 Å². The topological polar surface area (TPSA) is 26.3 Å². The van der Waals surface area contributed by atoms with Gasteiger partial charge in [-0.1, -0.05) is 0 Å². The van der Waals surface area contributed by atoms with Gasteiger partial charge in [-0.25, -0.2) is 4.21 Å². The van der Waals surface area contributed by atoms with Gasteiger partial charge in [-0.05, 0) is 35.0 Å². The van der Waals surface area contributed by atoms with Gasteiger partial charge in [0.25, 0.3) is 0 Å². The number of hydrogen-bond acceptors (Lipinski definition) is 3. The van der Waals surface area contributed by atoms with E-state index in [1.807, 2.05) is 13.0 Å². The first-order chi connectivity index (χ1) is 5.24. The van der Waals surface area contributed by atoms with Gasteiger partial charge in [-0.3, -0.25) is 4.18 Å². The van der Waals surface area contributed by atoms with Crippen LogP contribution in [0.4, 0.5) is 0 Å². The molecule has 0 N–H and O–H groups in total. The van der Waals surface area contributed by atoms with Crippen LogP contribution in [0.25, 0.3) is 0 Å². The van der Waals surface area contributed by atoms with Gasteiger partial charge in [-0.2, -0.15) is 0 Å². The molecule has 0 aliphatic heterocycles. The molecule has 0 amide bonds. The monoisotopic (exact) mass is 254 g/mol. The van der Waals surface area contributed by atoms with Crippen LogP contribution in [-0.2, 0) is 15.3 Å². The third kappa shape index (κ3) is 2.66. The van der Waals surface area contributed by atoms with Crippen LogP contribution in [0, 0.1) is 0 Å². The van der Waals surface area contributed by atoms with Crippen molar-refractivity contribution >= 4 is 38.3 Å². The van der Waals surface area contributed by atoms with E-state index in [1.54, 1.807) is 6.07 Å². The zero-order valence-corrected chi connectivity index (χ0v) is 9.09. The molecule has 1 aromatic heterocycles. The van der Waals surface area contributed by atoms with E-state index >= 15 is 0 Å². The average Bonchev–Trinajstić information content (AvgIpc) is 2.36. The minimum absolute atomic E-state index is 0.474. The molecule has 0 radical (unpaired) electrons. The molecule has 0 spiro atoms. The molecule has 1 heterocycles. The van der Waals surface area contributed by atoms with Crippen molar-refractivity contribution in [2.75, 3.05) is 6.61 Å². The standard InChI is InChI=1S/C6H7BrO2S2/c1-2-9-11(8)6-4-3-5(7)10-6/h3-4H,2H2,1H3/t11-/m1/s1. The van der Waals surface area contributed by atoms with Crippen molar-refractivity contribution in [3.63, 3.8) is 0 Å². The summed E-state index contributed by atoms with van der Waals surface area (Å²) in [6.45, 7) is 2.29. The van der Waals surface area contributed by atoms with E-state index in [0.717, 1.165) is 8.00 Å². The van der Waals surface area contributed by atoms with Crippen LogP contribution in [0.2, 0.25) is 0 Å². The highest BCUT2D eigenvalue weighted by Gasteiger charge is 2.05. The summed E-state index contributed by atoms with van der Waals surface area (Å²) in [4.78, 5) is 0. The Balaban J connectivity index is 2.69. The quantitative estimate of drug-likeness (QED) is 0.829. The molecular weight excluding hydrogens is 248 g/mol. The Hall–Kier alpha value is 0.290. The molecule has 0 unspecified atom stereocenters. The molecule has 1 atom stereocenters. The van der Waals surface area contributed by atoms with Crippen molar-refractivity contribution in [2.24, 2.45) is 0 Å². The fourth-order valence-electron chi connectivity index (χ4n) is 0.552. The zero-order chi connectivity index (χ0) is 8.27. The summed E-state index contributed by atoms with van der Waals surface area (Å²) in [5.74, 6) is 0. The van der Waals surface area contributed by atoms with Crippen LogP contribution in [0.3, 0.4) is 0 Å². The van der Waals surface area contributed by atoms with Gasteiger partial charge in [0, 0.05) is 0 Å². The molecule has 0 saturated carbocycles. The lowest BCUT2D eigenvalue weighted by atomic mass is 10.7. The van der Waals surface area contributed by atoms with E-state index in [2.05, 4.69) is 15.9 Å². The molecule has 5 heteroatoms. The second-order valence-corrected chi connectivity index (χ2v) is 5.57. The SMILES string of the molecule is CCO[S@@](=O)c1ccc(Br)s1. The smallest absolute Gasteiger partial charge is 0.199 e. The fraction of sp³-hybridized carbons (Fsp3) is 0.333. The third-order valence-corrected chi connectivity index (χ3v) is 3.93. The first-order valence-electron chi connectivity index (χ1n) is 3.04. The molecule has 0 aromatic carbocycles. The summed E-state index contributed by atoms with van der Waals surface area (Å²) in [5, 5.41) is 0. The highest BCUT2D eigenvalue weighted by Crippen LogP contribution is 2.25. The van der Waals surface area contributed by atoms with Crippen molar-refractivity contribution < 1.29 is 8.39 Å². The largest absolute Gasteiger partial charge is 0.286 e. The average molecular weight is 255 g/mol. The number of rotatable bonds is 3.